The number of nitrogens with zero attached hydrogens (tertiary/aromatic N) is 1. The van der Waals surface area contributed by atoms with Gasteiger partial charge in [-0.3, -0.25) is 14.5 Å². The van der Waals surface area contributed by atoms with Crippen molar-refractivity contribution in [2.24, 2.45) is 0 Å². The van der Waals surface area contributed by atoms with Gasteiger partial charge in [0.15, 0.2) is 0 Å². The zero-order valence-corrected chi connectivity index (χ0v) is 21.1. The quantitative estimate of drug-likeness (QED) is 0.319. The molecule has 0 atom stereocenters. The second-order valence-corrected chi connectivity index (χ2v) is 9.55. The number of hydrogen-bond donors (Lipinski definition) is 4. The van der Waals surface area contributed by atoms with E-state index in [1.807, 2.05) is 0 Å². The maximum Gasteiger partial charge on any atom is 0.416 e. The molecule has 2 aromatic rings. The third-order valence-electron chi connectivity index (χ3n) is 6.69. The zero-order chi connectivity index (χ0) is 26.1. The Labute approximate surface area is 215 Å². The smallest absolute Gasteiger partial charge is 0.350 e. The predicted molar refractivity (Wildman–Crippen MR) is 138 cm³/mol. The van der Waals surface area contributed by atoms with Crippen LogP contribution in [0.2, 0.25) is 0 Å². The number of hydrogen-bond acceptors (Lipinski definition) is 5. The number of aryl methyl sites for hydroxylation is 1. The molecule has 4 rings (SSSR count). The minimum Gasteiger partial charge on any atom is -0.350 e. The zero-order valence-electron chi connectivity index (χ0n) is 20.2. The Kier molecular flexibility index (Phi) is 10.1. The lowest BCUT2D eigenvalue weighted by molar-refractivity contribution is -0.137. The van der Waals surface area contributed by atoms with Crippen LogP contribution in [0.25, 0.3) is 0 Å². The molecule has 3 N–H and O–H groups in total. The summed E-state index contributed by atoms with van der Waals surface area (Å²) in [7, 11) is 0. The van der Waals surface area contributed by atoms with Crippen LogP contribution in [0.3, 0.4) is 0 Å². The molecule has 6 nitrogen and oxygen atoms in total. The van der Waals surface area contributed by atoms with Crippen molar-refractivity contribution in [3.05, 3.63) is 65.2 Å². The molecule has 0 radical (unpaired) electrons. The number of carbonyl (C=O) groups excluding carboxylic acids is 2. The number of thiol groups is 1. The summed E-state index contributed by atoms with van der Waals surface area (Å²) in [4.78, 5) is 24.2. The maximum atomic E-state index is 12.0. The van der Waals surface area contributed by atoms with E-state index in [-0.39, 0.29) is 18.5 Å². The van der Waals surface area contributed by atoms with Crippen LogP contribution in [-0.4, -0.2) is 48.9 Å². The minimum atomic E-state index is -4.22. The van der Waals surface area contributed by atoms with E-state index < -0.39 is 11.7 Å². The van der Waals surface area contributed by atoms with Crippen LogP contribution in [0.5, 0.6) is 0 Å². The summed E-state index contributed by atoms with van der Waals surface area (Å²) in [6, 6.07) is 14.6. The van der Waals surface area contributed by atoms with E-state index in [1.54, 1.807) is 13.0 Å². The summed E-state index contributed by atoms with van der Waals surface area (Å²) in [5.41, 5.74) is 2.48. The van der Waals surface area contributed by atoms with Crippen LogP contribution in [0.15, 0.2) is 48.5 Å². The van der Waals surface area contributed by atoms with Gasteiger partial charge in [-0.2, -0.15) is 13.2 Å². The highest BCUT2D eigenvalue weighted by Crippen LogP contribution is 2.36. The van der Waals surface area contributed by atoms with Crippen molar-refractivity contribution in [2.75, 3.05) is 24.4 Å². The monoisotopic (exact) mass is 522 g/mol. The van der Waals surface area contributed by atoms with Crippen molar-refractivity contribution in [3.8, 4) is 0 Å². The summed E-state index contributed by atoms with van der Waals surface area (Å²) in [6.07, 6.45) is 1.19. The first-order chi connectivity index (χ1) is 17.2. The fourth-order valence-electron chi connectivity index (χ4n) is 4.74. The summed E-state index contributed by atoms with van der Waals surface area (Å²) < 4.78 is 38.8. The Balaban J connectivity index is 0.000000275. The van der Waals surface area contributed by atoms with Crippen molar-refractivity contribution < 1.29 is 22.8 Å². The van der Waals surface area contributed by atoms with Gasteiger partial charge in [0, 0.05) is 24.8 Å². The minimum absolute atomic E-state index is 0.0621. The Morgan fingerprint density at radius 1 is 1.08 bits per heavy atom. The Morgan fingerprint density at radius 2 is 1.75 bits per heavy atom. The molecule has 2 aromatic carbocycles. The number of carbonyl (C=O) groups is 2. The normalized spacial score (nSPS) is 20.4. The van der Waals surface area contributed by atoms with Crippen molar-refractivity contribution in [1.29, 1.82) is 0 Å². The molecule has 1 saturated carbocycles. The summed E-state index contributed by atoms with van der Waals surface area (Å²) in [6.45, 7) is 3.54. The van der Waals surface area contributed by atoms with Gasteiger partial charge in [-0.05, 0) is 62.3 Å². The van der Waals surface area contributed by atoms with E-state index in [4.69, 9.17) is 0 Å². The molecular formula is C26H33F3N4O2S. The standard InChI is InChI=1S/C18H26N4O2S.C8H7F3/c23-12-19-9-18(24)20-16-10-22(11-16)17-7-3-14(4-8-17)13-1-5-15(21-25)6-2-13;1-6-3-2-4-7(5-6)8(9,10)11/h1-2,5-6,12,14,16-17,21,25H,3-4,7-11H2,(H,19,23)(H,20,24);2-5H,1H3. The second kappa shape index (κ2) is 13.0. The van der Waals surface area contributed by atoms with Crippen LogP contribution in [-0.2, 0) is 15.8 Å². The number of benzene rings is 2. The Hall–Kier alpha value is -2.72. The van der Waals surface area contributed by atoms with Crippen LogP contribution >= 0.6 is 12.8 Å². The first-order valence-corrected chi connectivity index (χ1v) is 12.5. The topological polar surface area (TPSA) is 73.5 Å². The number of amides is 2. The third-order valence-corrected chi connectivity index (χ3v) is 6.95. The molecule has 2 fully saturated rings. The van der Waals surface area contributed by atoms with Gasteiger partial charge in [0.2, 0.25) is 12.3 Å². The van der Waals surface area contributed by atoms with Gasteiger partial charge in [-0.25, -0.2) is 0 Å². The average molecular weight is 523 g/mol. The van der Waals surface area contributed by atoms with Gasteiger partial charge in [0.05, 0.1) is 18.2 Å². The van der Waals surface area contributed by atoms with Crippen LogP contribution in [0.1, 0.15) is 48.3 Å². The summed E-state index contributed by atoms with van der Waals surface area (Å²) in [5.74, 6) is 0.538. The first-order valence-electron chi connectivity index (χ1n) is 12.0. The number of anilines is 1. The van der Waals surface area contributed by atoms with Crippen molar-refractivity contribution in [2.45, 2.75) is 56.8 Å². The molecule has 0 unspecified atom stereocenters. The van der Waals surface area contributed by atoms with E-state index >= 15 is 0 Å². The van der Waals surface area contributed by atoms with Gasteiger partial charge >= 0.3 is 6.18 Å². The van der Waals surface area contributed by atoms with Crippen molar-refractivity contribution in [1.82, 2.24) is 15.5 Å². The SMILES string of the molecule is Cc1cccc(C(F)(F)F)c1.O=CNCC(=O)NC1CN(C2CCC(c3ccc(NS)cc3)CC2)C1. The third kappa shape index (κ3) is 8.16. The summed E-state index contributed by atoms with van der Waals surface area (Å²) in [5, 5.41) is 5.34. The van der Waals surface area contributed by atoms with Gasteiger partial charge in [0.1, 0.15) is 0 Å². The van der Waals surface area contributed by atoms with E-state index in [2.05, 4.69) is 57.3 Å². The number of halogens is 3. The molecule has 2 aliphatic rings. The number of alkyl halides is 3. The van der Waals surface area contributed by atoms with E-state index in [1.165, 1.54) is 37.3 Å². The second-order valence-electron chi connectivity index (χ2n) is 9.32. The molecule has 0 aromatic heterocycles. The van der Waals surface area contributed by atoms with Crippen LogP contribution in [0.4, 0.5) is 18.9 Å². The van der Waals surface area contributed by atoms with Crippen molar-refractivity contribution in [3.63, 3.8) is 0 Å². The highest BCUT2D eigenvalue weighted by molar-refractivity contribution is 7.81. The van der Waals surface area contributed by atoms with E-state index in [9.17, 15) is 22.8 Å². The lowest BCUT2D eigenvalue weighted by Gasteiger charge is -2.46. The van der Waals surface area contributed by atoms with Crippen LogP contribution < -0.4 is 15.4 Å². The average Bonchev–Trinajstić information content (AvgIpc) is 2.85. The first kappa shape index (κ1) is 27.9. The molecule has 0 spiro atoms. The lowest BCUT2D eigenvalue weighted by Crippen LogP contribution is -2.63. The van der Waals surface area contributed by atoms with Gasteiger partial charge < -0.3 is 15.4 Å². The molecule has 10 heteroatoms. The molecule has 36 heavy (non-hydrogen) atoms. The van der Waals surface area contributed by atoms with Crippen molar-refractivity contribution >= 4 is 30.8 Å². The summed E-state index contributed by atoms with van der Waals surface area (Å²) >= 11 is 4.07. The fraction of sp³-hybridized carbons (Fsp3) is 0.462. The number of likely N-dealkylation sites (tertiary alicyclic amines) is 1. The molecule has 1 aliphatic heterocycles. The fourth-order valence-corrected chi connectivity index (χ4v) is 4.89. The molecule has 196 valence electrons. The van der Waals surface area contributed by atoms with Crippen LogP contribution in [0, 0.1) is 6.92 Å². The molecule has 1 saturated heterocycles. The van der Waals surface area contributed by atoms with E-state index in [0.29, 0.717) is 23.9 Å². The number of rotatable bonds is 7. The maximum absolute atomic E-state index is 12.0. The Bertz CT molecular complexity index is 989. The largest absolute Gasteiger partial charge is 0.416 e. The van der Waals surface area contributed by atoms with E-state index in [0.717, 1.165) is 30.9 Å². The van der Waals surface area contributed by atoms with Gasteiger partial charge in [0.25, 0.3) is 0 Å². The lowest BCUT2D eigenvalue weighted by atomic mass is 9.80. The Morgan fingerprint density at radius 3 is 2.28 bits per heavy atom. The molecule has 0 bridgehead atoms. The predicted octanol–water partition coefficient (Wildman–Crippen LogP) is 4.53. The molecule has 2 amide bonds. The molecule has 1 heterocycles. The van der Waals surface area contributed by atoms with Gasteiger partial charge in [-0.15, -0.1) is 0 Å². The highest BCUT2D eigenvalue weighted by Gasteiger charge is 2.35. The molecular weight excluding hydrogens is 489 g/mol. The highest BCUT2D eigenvalue weighted by atomic mass is 32.1. The number of nitrogens with one attached hydrogen (secondary N) is 3. The van der Waals surface area contributed by atoms with Gasteiger partial charge in [-0.1, -0.05) is 48.7 Å². The molecule has 1 aliphatic carbocycles.